The third-order valence-corrected chi connectivity index (χ3v) is 6.49. The van der Waals surface area contributed by atoms with Crippen LogP contribution in [0, 0.1) is 40.6 Å². The molecule has 0 radical (unpaired) electrons. The van der Waals surface area contributed by atoms with Crippen LogP contribution in [0.3, 0.4) is 0 Å². The van der Waals surface area contributed by atoms with Crippen LogP contribution in [0.5, 0.6) is 0 Å². The molecule has 2 heterocycles. The van der Waals surface area contributed by atoms with Crippen molar-refractivity contribution in [2.45, 2.75) is 0 Å². The fourth-order valence-corrected chi connectivity index (χ4v) is 4.82. The van der Waals surface area contributed by atoms with Crippen LogP contribution in [0.15, 0.2) is 106 Å². The van der Waals surface area contributed by atoms with E-state index in [0.717, 1.165) is 11.3 Å². The van der Waals surface area contributed by atoms with Crippen LogP contribution in [-0.2, 0) is 0 Å². The Hall–Kier alpha value is -6.48. The molecule has 0 saturated heterocycles. The van der Waals surface area contributed by atoms with Gasteiger partial charge in [-0.2, -0.15) is 20.5 Å². The maximum atomic E-state index is 9.85. The monoisotopic (exact) mass is 513 g/mol. The van der Waals surface area contributed by atoms with E-state index in [1.807, 2.05) is 78.9 Å². The smallest absolute Gasteiger partial charge is 0.270 e. The van der Waals surface area contributed by atoms with Crippen molar-refractivity contribution in [3.05, 3.63) is 130 Å². The van der Waals surface area contributed by atoms with Gasteiger partial charge in [-0.05, 0) is 47.0 Å². The number of imidazole rings is 1. The van der Waals surface area contributed by atoms with Crippen molar-refractivity contribution in [3.63, 3.8) is 0 Å². The SMILES string of the molecule is [C-]#[N+]/C(C#N)=C1\C(=C/c2nc3oc(-c4ccccc4)nc3n2-c2ccccc2)C(=C(C#N)C#N)c2ccccc21. The molecule has 0 unspecified atom stereocenters. The Morgan fingerprint density at radius 2 is 1.43 bits per heavy atom. The van der Waals surface area contributed by atoms with E-state index < -0.39 is 0 Å². The molecule has 0 atom stereocenters. The minimum Gasteiger partial charge on any atom is -0.416 e. The number of rotatable bonds is 3. The van der Waals surface area contributed by atoms with Crippen LogP contribution in [0.25, 0.3) is 50.6 Å². The van der Waals surface area contributed by atoms with Crippen LogP contribution in [-0.4, -0.2) is 14.5 Å². The standard InChI is InChI=1S/C32H15N7O/c1-36-26(19-35)29-24-15-9-8-14-23(24)28(21(17-33)18-34)25(29)16-27-37-32-30(39(27)22-12-6-3-7-13-22)38-31(40-32)20-10-4-2-5-11-20/h2-16H/b25-16-,29-26-. The van der Waals surface area contributed by atoms with E-state index in [9.17, 15) is 15.8 Å². The minimum atomic E-state index is -0.157. The van der Waals surface area contributed by atoms with Gasteiger partial charge in [-0.25, -0.2) is 10.1 Å². The Labute approximate surface area is 228 Å². The summed E-state index contributed by atoms with van der Waals surface area (Å²) in [6, 6.07) is 32.0. The van der Waals surface area contributed by atoms with Crippen molar-refractivity contribution in [2.75, 3.05) is 0 Å². The highest BCUT2D eigenvalue weighted by atomic mass is 16.4. The van der Waals surface area contributed by atoms with Gasteiger partial charge in [0.05, 0.1) is 12.6 Å². The summed E-state index contributed by atoms with van der Waals surface area (Å²) in [5.74, 6) is 0.801. The fourth-order valence-electron chi connectivity index (χ4n) is 4.82. The van der Waals surface area contributed by atoms with E-state index in [2.05, 4.69) is 4.85 Å². The summed E-state index contributed by atoms with van der Waals surface area (Å²) < 4.78 is 7.86. The molecule has 0 saturated carbocycles. The number of allylic oxidation sites excluding steroid dienone is 5. The number of para-hydroxylation sites is 1. The van der Waals surface area contributed by atoms with Gasteiger partial charge in [-0.3, -0.25) is 4.57 Å². The number of nitriles is 3. The van der Waals surface area contributed by atoms with Crippen LogP contribution in [0.1, 0.15) is 17.0 Å². The quantitative estimate of drug-likeness (QED) is 0.195. The van der Waals surface area contributed by atoms with E-state index >= 15 is 0 Å². The second-order valence-electron chi connectivity index (χ2n) is 8.68. The van der Waals surface area contributed by atoms with Crippen LogP contribution < -0.4 is 0 Å². The van der Waals surface area contributed by atoms with Crippen molar-refractivity contribution in [1.29, 1.82) is 15.8 Å². The zero-order valence-corrected chi connectivity index (χ0v) is 20.7. The van der Waals surface area contributed by atoms with Crippen LogP contribution in [0.4, 0.5) is 0 Å². The highest BCUT2D eigenvalue weighted by Gasteiger charge is 2.32. The van der Waals surface area contributed by atoms with Crippen molar-refractivity contribution in [1.82, 2.24) is 14.5 Å². The lowest BCUT2D eigenvalue weighted by molar-refractivity contribution is 0.608. The molecular weight excluding hydrogens is 498 g/mol. The highest BCUT2D eigenvalue weighted by Crippen LogP contribution is 2.49. The molecule has 0 spiro atoms. The van der Waals surface area contributed by atoms with Gasteiger partial charge in [0.25, 0.3) is 11.4 Å². The number of hydrogen-bond acceptors (Lipinski definition) is 6. The lowest BCUT2D eigenvalue weighted by atomic mass is 9.97. The first kappa shape index (κ1) is 23.9. The van der Waals surface area contributed by atoms with Crippen LogP contribution in [0.2, 0.25) is 0 Å². The first-order valence-electron chi connectivity index (χ1n) is 12.1. The normalized spacial score (nSPS) is 14.2. The van der Waals surface area contributed by atoms with Crippen LogP contribution >= 0.6 is 0 Å². The lowest BCUT2D eigenvalue weighted by Gasteiger charge is -2.09. The number of nitrogens with zero attached hydrogens (tertiary/aromatic N) is 7. The second-order valence-corrected chi connectivity index (χ2v) is 8.68. The predicted octanol–water partition coefficient (Wildman–Crippen LogP) is 6.73. The first-order chi connectivity index (χ1) is 19.7. The van der Waals surface area contributed by atoms with Crippen molar-refractivity contribution in [2.24, 2.45) is 0 Å². The number of oxazole rings is 1. The second kappa shape index (κ2) is 9.77. The van der Waals surface area contributed by atoms with Gasteiger partial charge < -0.3 is 4.42 Å². The summed E-state index contributed by atoms with van der Waals surface area (Å²) in [5.41, 5.74) is 4.23. The Balaban J connectivity index is 1.69. The minimum absolute atomic E-state index is 0.137. The highest BCUT2D eigenvalue weighted by molar-refractivity contribution is 6.14. The van der Waals surface area contributed by atoms with Crippen molar-refractivity contribution in [3.8, 4) is 35.3 Å². The van der Waals surface area contributed by atoms with Gasteiger partial charge in [0.15, 0.2) is 0 Å². The Morgan fingerprint density at radius 3 is 2.05 bits per heavy atom. The summed E-state index contributed by atoms with van der Waals surface area (Å²) in [6.45, 7) is 7.67. The summed E-state index contributed by atoms with van der Waals surface area (Å²) >= 11 is 0. The maximum absolute atomic E-state index is 9.85. The summed E-state index contributed by atoms with van der Waals surface area (Å²) in [5, 5.41) is 29.5. The van der Waals surface area contributed by atoms with E-state index in [1.54, 1.807) is 34.9 Å². The van der Waals surface area contributed by atoms with E-state index in [0.29, 0.717) is 45.2 Å². The first-order valence-corrected chi connectivity index (χ1v) is 12.1. The molecule has 40 heavy (non-hydrogen) atoms. The lowest BCUT2D eigenvalue weighted by Crippen LogP contribution is -1.99. The molecule has 1 aliphatic rings. The molecule has 0 bridgehead atoms. The average Bonchev–Trinajstić information content (AvgIpc) is 3.66. The molecule has 1 aliphatic carbocycles. The molecular formula is C32H15N7O. The third kappa shape index (κ3) is 3.75. The molecule has 5 aromatic rings. The van der Waals surface area contributed by atoms with Gasteiger partial charge in [0, 0.05) is 22.4 Å². The van der Waals surface area contributed by atoms with E-state index in [1.165, 1.54) is 0 Å². The maximum Gasteiger partial charge on any atom is 0.270 e. The van der Waals surface area contributed by atoms with E-state index in [-0.39, 0.29) is 17.0 Å². The largest absolute Gasteiger partial charge is 0.416 e. The molecule has 3 aromatic carbocycles. The third-order valence-electron chi connectivity index (χ3n) is 6.49. The van der Waals surface area contributed by atoms with E-state index in [4.69, 9.17) is 21.0 Å². The molecule has 2 aromatic heterocycles. The van der Waals surface area contributed by atoms with Crippen molar-refractivity contribution >= 4 is 28.6 Å². The average molecular weight is 514 g/mol. The molecule has 0 amide bonds. The molecule has 8 nitrogen and oxygen atoms in total. The molecule has 6 rings (SSSR count). The Morgan fingerprint density at radius 1 is 0.800 bits per heavy atom. The zero-order valence-electron chi connectivity index (χ0n) is 20.7. The van der Waals surface area contributed by atoms with Gasteiger partial charge in [0.1, 0.15) is 23.5 Å². The molecule has 8 heteroatoms. The molecule has 0 N–H and O–H groups in total. The predicted molar refractivity (Wildman–Crippen MR) is 148 cm³/mol. The Kier molecular flexibility index (Phi) is 5.83. The topological polar surface area (TPSA) is 120 Å². The number of hydrogen-bond donors (Lipinski definition) is 0. The fraction of sp³-hybridized carbons (Fsp3) is 0. The molecule has 0 aliphatic heterocycles. The van der Waals surface area contributed by atoms with Crippen molar-refractivity contribution < 1.29 is 4.42 Å². The zero-order chi connectivity index (χ0) is 27.6. The molecule has 0 fully saturated rings. The van der Waals surface area contributed by atoms with Gasteiger partial charge in [-0.15, -0.1) is 0 Å². The summed E-state index contributed by atoms with van der Waals surface area (Å²) in [6.07, 6.45) is 1.67. The summed E-state index contributed by atoms with van der Waals surface area (Å²) in [7, 11) is 0. The molecule has 184 valence electrons. The van der Waals surface area contributed by atoms with Gasteiger partial charge >= 0.3 is 0 Å². The van der Waals surface area contributed by atoms with Gasteiger partial charge in [0.2, 0.25) is 11.5 Å². The summed E-state index contributed by atoms with van der Waals surface area (Å²) in [4.78, 5) is 12.9. The number of benzene rings is 3. The Bertz CT molecular complexity index is 1980. The number of aromatic nitrogens is 3. The number of fused-ring (bicyclic) bond motifs is 2. The van der Waals surface area contributed by atoms with Gasteiger partial charge in [-0.1, -0.05) is 60.7 Å².